The van der Waals surface area contributed by atoms with Crippen LogP contribution in [0, 0.1) is 17.3 Å². The molecule has 0 aromatic carbocycles. The first-order valence-corrected chi connectivity index (χ1v) is 5.42. The van der Waals surface area contributed by atoms with Gasteiger partial charge in [-0.1, -0.05) is 20.8 Å². The van der Waals surface area contributed by atoms with Gasteiger partial charge in [0.25, 0.3) is 0 Å². The van der Waals surface area contributed by atoms with Crippen LogP contribution in [0.2, 0.25) is 0 Å². The number of Topliss-reactive ketones (excluding diaryl/α,β-unsaturated/α-hetero) is 1. The second kappa shape index (κ2) is 4.24. The van der Waals surface area contributed by atoms with Gasteiger partial charge >= 0.3 is 0 Å². The number of carbonyl (C=O) groups excluding carboxylic acids is 2. The van der Waals surface area contributed by atoms with E-state index in [0.29, 0.717) is 24.5 Å². The molecule has 1 aliphatic rings. The molecule has 0 aromatic rings. The summed E-state index contributed by atoms with van der Waals surface area (Å²) in [5, 5.41) is 0. The maximum absolute atomic E-state index is 11.8. The van der Waals surface area contributed by atoms with E-state index in [1.165, 1.54) is 0 Å². The summed E-state index contributed by atoms with van der Waals surface area (Å²) in [5.74, 6) is 0.926. The molecular weight excluding hydrogens is 176 g/mol. The van der Waals surface area contributed by atoms with Gasteiger partial charge in [-0.25, -0.2) is 0 Å². The molecule has 0 N–H and O–H groups in total. The molecule has 0 radical (unpaired) electrons. The van der Waals surface area contributed by atoms with Gasteiger partial charge in [-0.2, -0.15) is 0 Å². The van der Waals surface area contributed by atoms with Crippen LogP contribution in [0.3, 0.4) is 0 Å². The number of rotatable bonds is 3. The molecule has 0 unspecified atom stereocenters. The van der Waals surface area contributed by atoms with Crippen molar-refractivity contribution in [3.8, 4) is 0 Å². The Bertz CT molecular complexity index is 230. The molecule has 2 heteroatoms. The zero-order valence-electron chi connectivity index (χ0n) is 9.38. The molecule has 1 fully saturated rings. The lowest BCUT2D eigenvalue weighted by atomic mass is 9.66. The van der Waals surface area contributed by atoms with E-state index in [4.69, 9.17) is 0 Å². The summed E-state index contributed by atoms with van der Waals surface area (Å²) in [6.45, 7) is 6.43. The number of hydrogen-bond donors (Lipinski definition) is 0. The van der Waals surface area contributed by atoms with Crippen molar-refractivity contribution < 1.29 is 9.59 Å². The van der Waals surface area contributed by atoms with Gasteiger partial charge in [0.05, 0.1) is 0 Å². The lowest BCUT2D eigenvalue weighted by Crippen LogP contribution is -2.35. The molecule has 0 saturated heterocycles. The van der Waals surface area contributed by atoms with Crippen molar-refractivity contribution in [1.82, 2.24) is 0 Å². The third kappa shape index (κ3) is 2.66. The van der Waals surface area contributed by atoms with Gasteiger partial charge in [-0.15, -0.1) is 0 Å². The summed E-state index contributed by atoms with van der Waals surface area (Å²) in [7, 11) is 0. The van der Waals surface area contributed by atoms with E-state index in [0.717, 1.165) is 19.1 Å². The van der Waals surface area contributed by atoms with E-state index in [1.807, 2.05) is 0 Å². The van der Waals surface area contributed by atoms with Gasteiger partial charge in [0, 0.05) is 18.8 Å². The second-order valence-corrected chi connectivity index (χ2v) is 5.34. The van der Waals surface area contributed by atoms with Crippen molar-refractivity contribution in [2.24, 2.45) is 17.3 Å². The predicted molar refractivity (Wildman–Crippen MR) is 56.0 cm³/mol. The van der Waals surface area contributed by atoms with Crippen LogP contribution < -0.4 is 0 Å². The van der Waals surface area contributed by atoms with Crippen molar-refractivity contribution in [1.29, 1.82) is 0 Å². The highest BCUT2D eigenvalue weighted by molar-refractivity contribution is 5.83. The zero-order valence-corrected chi connectivity index (χ0v) is 9.38. The van der Waals surface area contributed by atoms with Gasteiger partial charge in [0.2, 0.25) is 0 Å². The van der Waals surface area contributed by atoms with Crippen LogP contribution in [-0.2, 0) is 9.59 Å². The summed E-state index contributed by atoms with van der Waals surface area (Å²) in [6.07, 6.45) is 3.98. The van der Waals surface area contributed by atoms with E-state index >= 15 is 0 Å². The van der Waals surface area contributed by atoms with Crippen molar-refractivity contribution in [3.63, 3.8) is 0 Å². The Morgan fingerprint density at radius 2 is 2.14 bits per heavy atom. The normalized spacial score (nSPS) is 31.5. The molecule has 0 aromatic heterocycles. The molecule has 1 saturated carbocycles. The minimum atomic E-state index is 0.133. The van der Waals surface area contributed by atoms with Crippen molar-refractivity contribution in [2.45, 2.75) is 46.5 Å². The van der Waals surface area contributed by atoms with E-state index in [1.54, 1.807) is 0 Å². The fraction of sp³-hybridized carbons (Fsp3) is 0.833. The van der Waals surface area contributed by atoms with Crippen LogP contribution in [0.15, 0.2) is 0 Å². The minimum Gasteiger partial charge on any atom is -0.303 e. The highest BCUT2D eigenvalue weighted by Crippen LogP contribution is 2.40. The fourth-order valence-corrected chi connectivity index (χ4v) is 2.70. The highest BCUT2D eigenvalue weighted by Gasteiger charge is 2.37. The van der Waals surface area contributed by atoms with Gasteiger partial charge < -0.3 is 4.79 Å². The third-order valence-electron chi connectivity index (χ3n) is 3.22. The molecule has 14 heavy (non-hydrogen) atoms. The standard InChI is InChI=1S/C12H20O2/c1-9-7-12(2,3)8-11(14)10(9)5-4-6-13/h6,9-10H,4-5,7-8H2,1-3H3/t9-,10-/m0/s1. The number of hydrogen-bond acceptors (Lipinski definition) is 2. The van der Waals surface area contributed by atoms with Gasteiger partial charge in [-0.3, -0.25) is 4.79 Å². The Labute approximate surface area is 86.1 Å². The summed E-state index contributed by atoms with van der Waals surface area (Å²) >= 11 is 0. The second-order valence-electron chi connectivity index (χ2n) is 5.34. The molecule has 0 amide bonds. The molecule has 2 nitrogen and oxygen atoms in total. The molecular formula is C12H20O2. The van der Waals surface area contributed by atoms with E-state index in [2.05, 4.69) is 20.8 Å². The first-order valence-electron chi connectivity index (χ1n) is 5.42. The topological polar surface area (TPSA) is 34.1 Å². The summed E-state index contributed by atoms with van der Waals surface area (Å²) in [5.41, 5.74) is 0.161. The van der Waals surface area contributed by atoms with E-state index in [9.17, 15) is 9.59 Å². The van der Waals surface area contributed by atoms with Crippen LogP contribution in [0.4, 0.5) is 0 Å². The minimum absolute atomic E-state index is 0.133. The van der Waals surface area contributed by atoms with Crippen molar-refractivity contribution in [2.75, 3.05) is 0 Å². The zero-order chi connectivity index (χ0) is 10.8. The summed E-state index contributed by atoms with van der Waals surface area (Å²) in [6, 6.07) is 0. The van der Waals surface area contributed by atoms with Crippen LogP contribution >= 0.6 is 0 Å². The van der Waals surface area contributed by atoms with Crippen LogP contribution in [-0.4, -0.2) is 12.1 Å². The maximum Gasteiger partial charge on any atom is 0.136 e. The van der Waals surface area contributed by atoms with Gasteiger partial charge in [0.1, 0.15) is 12.1 Å². The molecule has 2 atom stereocenters. The number of aldehydes is 1. The van der Waals surface area contributed by atoms with Gasteiger partial charge in [-0.05, 0) is 24.2 Å². The molecule has 80 valence electrons. The van der Waals surface area contributed by atoms with Crippen LogP contribution in [0.1, 0.15) is 46.5 Å². The lowest BCUT2D eigenvalue weighted by molar-refractivity contribution is -0.130. The number of ketones is 1. The monoisotopic (exact) mass is 196 g/mol. The molecule has 0 bridgehead atoms. The first kappa shape index (κ1) is 11.4. The Kier molecular flexibility index (Phi) is 3.46. The third-order valence-corrected chi connectivity index (χ3v) is 3.22. The predicted octanol–water partition coefficient (Wildman–Crippen LogP) is 2.61. The average molecular weight is 196 g/mol. The van der Waals surface area contributed by atoms with Crippen molar-refractivity contribution in [3.05, 3.63) is 0 Å². The smallest absolute Gasteiger partial charge is 0.136 e. The van der Waals surface area contributed by atoms with Crippen LogP contribution in [0.25, 0.3) is 0 Å². The Balaban J connectivity index is 2.61. The highest BCUT2D eigenvalue weighted by atomic mass is 16.1. The largest absolute Gasteiger partial charge is 0.303 e. The Morgan fingerprint density at radius 1 is 1.50 bits per heavy atom. The Hall–Kier alpha value is -0.660. The lowest BCUT2D eigenvalue weighted by Gasteiger charge is -2.37. The molecule has 1 aliphatic carbocycles. The SMILES string of the molecule is C[C@H]1CC(C)(C)CC(=O)[C@H]1CCC=O. The first-order chi connectivity index (χ1) is 6.46. The maximum atomic E-state index is 11.8. The molecule has 0 spiro atoms. The quantitative estimate of drug-likeness (QED) is 0.650. The molecule has 0 heterocycles. The average Bonchev–Trinajstić information content (AvgIpc) is 2.00. The molecule has 1 rings (SSSR count). The van der Waals surface area contributed by atoms with Crippen molar-refractivity contribution >= 4 is 12.1 Å². The molecule has 0 aliphatic heterocycles. The summed E-state index contributed by atoms with van der Waals surface area (Å²) < 4.78 is 0. The van der Waals surface area contributed by atoms with Crippen LogP contribution in [0.5, 0.6) is 0 Å². The number of carbonyl (C=O) groups is 2. The van der Waals surface area contributed by atoms with E-state index in [-0.39, 0.29) is 11.3 Å². The fourth-order valence-electron chi connectivity index (χ4n) is 2.70. The Morgan fingerprint density at radius 3 is 2.64 bits per heavy atom. The summed E-state index contributed by atoms with van der Waals surface area (Å²) in [4.78, 5) is 22.1. The van der Waals surface area contributed by atoms with Gasteiger partial charge in [0.15, 0.2) is 0 Å². The van der Waals surface area contributed by atoms with E-state index < -0.39 is 0 Å².